The van der Waals surface area contributed by atoms with Gasteiger partial charge in [-0.2, -0.15) is 0 Å². The summed E-state index contributed by atoms with van der Waals surface area (Å²) in [4.78, 5) is 18.9. The van der Waals surface area contributed by atoms with Gasteiger partial charge in [0.25, 0.3) is 0 Å². The van der Waals surface area contributed by atoms with E-state index in [0.29, 0.717) is 18.9 Å². The fourth-order valence-electron chi connectivity index (χ4n) is 4.14. The second-order valence-corrected chi connectivity index (χ2v) is 8.61. The van der Waals surface area contributed by atoms with Gasteiger partial charge in [-0.15, -0.1) is 24.0 Å². The Morgan fingerprint density at radius 3 is 2.87 bits per heavy atom. The molecule has 0 spiro atoms. The van der Waals surface area contributed by atoms with E-state index < -0.39 is 0 Å². The number of guanidine groups is 1. The smallest absolute Gasteiger partial charge is 0.222 e. The van der Waals surface area contributed by atoms with Gasteiger partial charge in [-0.3, -0.25) is 9.79 Å². The number of likely N-dealkylation sites (tertiary alicyclic amines) is 1. The maximum absolute atomic E-state index is 12.1. The summed E-state index contributed by atoms with van der Waals surface area (Å²) in [5, 5.41) is 6.97. The Kier molecular flexibility index (Phi) is 9.71. The minimum atomic E-state index is -0.226. The number of carbonyl (C=O) groups excluding carboxylic acids is 1. The van der Waals surface area contributed by atoms with Crippen LogP contribution in [0.3, 0.4) is 0 Å². The van der Waals surface area contributed by atoms with E-state index >= 15 is 0 Å². The van der Waals surface area contributed by atoms with Gasteiger partial charge in [-0.05, 0) is 46.1 Å². The quantitative estimate of drug-likeness (QED) is 0.251. The van der Waals surface area contributed by atoms with Crippen LogP contribution in [0.15, 0.2) is 29.3 Å². The maximum Gasteiger partial charge on any atom is 0.222 e. The highest BCUT2D eigenvalue weighted by Gasteiger charge is 2.33. The van der Waals surface area contributed by atoms with E-state index in [1.807, 2.05) is 17.0 Å². The SMILES string of the molecule is CCNC(=NCCCN1CCCCCC1=O)NC1CC(C)(C)Oc2ccccc21.I. The summed E-state index contributed by atoms with van der Waals surface area (Å²) in [6, 6.07) is 8.38. The molecular formula is C23H37IN4O2. The Labute approximate surface area is 198 Å². The summed E-state index contributed by atoms with van der Waals surface area (Å²) in [7, 11) is 0. The van der Waals surface area contributed by atoms with Gasteiger partial charge >= 0.3 is 0 Å². The Bertz CT molecular complexity index is 723. The Morgan fingerprint density at radius 2 is 2.07 bits per heavy atom. The fourth-order valence-corrected chi connectivity index (χ4v) is 4.14. The molecule has 0 saturated carbocycles. The zero-order valence-electron chi connectivity index (χ0n) is 18.6. The molecule has 3 rings (SSSR count). The monoisotopic (exact) mass is 528 g/mol. The third kappa shape index (κ3) is 7.03. The molecule has 1 saturated heterocycles. The van der Waals surface area contributed by atoms with E-state index in [0.717, 1.165) is 63.4 Å². The Morgan fingerprint density at radius 1 is 1.27 bits per heavy atom. The molecule has 7 heteroatoms. The normalized spacial score (nSPS) is 21.0. The Balaban J connectivity index is 0.00000320. The molecule has 1 aromatic carbocycles. The van der Waals surface area contributed by atoms with Gasteiger partial charge in [0.05, 0.1) is 6.04 Å². The molecule has 6 nitrogen and oxygen atoms in total. The number of halogens is 1. The van der Waals surface area contributed by atoms with Gasteiger partial charge in [0.1, 0.15) is 11.4 Å². The summed E-state index contributed by atoms with van der Waals surface area (Å²) in [5.41, 5.74) is 0.948. The molecule has 1 unspecified atom stereocenters. The molecule has 0 aliphatic carbocycles. The first-order valence-electron chi connectivity index (χ1n) is 11.1. The lowest BCUT2D eigenvalue weighted by Gasteiger charge is -2.38. The van der Waals surface area contributed by atoms with Crippen LogP contribution in [0.4, 0.5) is 0 Å². The van der Waals surface area contributed by atoms with Crippen molar-refractivity contribution in [1.29, 1.82) is 0 Å². The average molecular weight is 528 g/mol. The molecule has 1 amide bonds. The van der Waals surface area contributed by atoms with Gasteiger partial charge in [-0.1, -0.05) is 24.6 Å². The summed E-state index contributed by atoms with van der Waals surface area (Å²) in [6.07, 6.45) is 5.78. The van der Waals surface area contributed by atoms with Crippen LogP contribution < -0.4 is 15.4 Å². The van der Waals surface area contributed by atoms with Crippen LogP contribution in [-0.4, -0.2) is 48.5 Å². The summed E-state index contributed by atoms with van der Waals surface area (Å²) in [6.45, 7) is 9.54. The van der Waals surface area contributed by atoms with Crippen molar-refractivity contribution < 1.29 is 9.53 Å². The molecule has 0 bridgehead atoms. The predicted molar refractivity (Wildman–Crippen MR) is 133 cm³/mol. The zero-order chi connectivity index (χ0) is 20.7. The minimum absolute atomic E-state index is 0. The van der Waals surface area contributed by atoms with Crippen molar-refractivity contribution in [2.75, 3.05) is 26.2 Å². The Hall–Kier alpha value is -1.51. The first-order valence-corrected chi connectivity index (χ1v) is 11.1. The van der Waals surface area contributed by atoms with Crippen molar-refractivity contribution in [3.8, 4) is 5.75 Å². The van der Waals surface area contributed by atoms with Crippen molar-refractivity contribution >= 4 is 35.8 Å². The highest BCUT2D eigenvalue weighted by Crippen LogP contribution is 2.39. The lowest BCUT2D eigenvalue weighted by Crippen LogP contribution is -2.45. The molecule has 2 N–H and O–H groups in total. The molecule has 168 valence electrons. The molecule has 2 aliphatic rings. The number of benzene rings is 1. The van der Waals surface area contributed by atoms with Gasteiger partial charge in [-0.25, -0.2) is 0 Å². The number of nitrogens with zero attached hydrogens (tertiary/aromatic N) is 2. The van der Waals surface area contributed by atoms with E-state index in [1.165, 1.54) is 5.56 Å². The van der Waals surface area contributed by atoms with Crippen LogP contribution in [0.1, 0.15) is 70.9 Å². The van der Waals surface area contributed by atoms with E-state index in [4.69, 9.17) is 9.73 Å². The highest BCUT2D eigenvalue weighted by molar-refractivity contribution is 14.0. The number of hydrogen-bond donors (Lipinski definition) is 2. The van der Waals surface area contributed by atoms with Gasteiger partial charge in [0.2, 0.25) is 5.91 Å². The second kappa shape index (κ2) is 11.8. The summed E-state index contributed by atoms with van der Waals surface area (Å²) >= 11 is 0. The molecular weight excluding hydrogens is 491 g/mol. The lowest BCUT2D eigenvalue weighted by atomic mass is 9.90. The number of nitrogens with one attached hydrogen (secondary N) is 2. The zero-order valence-corrected chi connectivity index (χ0v) is 20.9. The fraction of sp³-hybridized carbons (Fsp3) is 0.652. The highest BCUT2D eigenvalue weighted by atomic mass is 127. The number of amides is 1. The van der Waals surface area contributed by atoms with Gasteiger partial charge in [0, 0.05) is 44.6 Å². The lowest BCUT2D eigenvalue weighted by molar-refractivity contribution is -0.130. The van der Waals surface area contributed by atoms with Crippen LogP contribution in [-0.2, 0) is 4.79 Å². The number of fused-ring (bicyclic) bond motifs is 1. The van der Waals surface area contributed by atoms with Crippen molar-refractivity contribution in [1.82, 2.24) is 15.5 Å². The van der Waals surface area contributed by atoms with Crippen molar-refractivity contribution in [3.05, 3.63) is 29.8 Å². The third-order valence-corrected chi connectivity index (χ3v) is 5.56. The number of rotatable bonds is 6. The predicted octanol–water partition coefficient (Wildman–Crippen LogP) is 4.25. The van der Waals surface area contributed by atoms with E-state index in [2.05, 4.69) is 43.5 Å². The number of carbonyl (C=O) groups is 1. The van der Waals surface area contributed by atoms with Gasteiger partial charge < -0.3 is 20.3 Å². The minimum Gasteiger partial charge on any atom is -0.487 e. The maximum atomic E-state index is 12.1. The third-order valence-electron chi connectivity index (χ3n) is 5.56. The summed E-state index contributed by atoms with van der Waals surface area (Å²) in [5.74, 6) is 2.07. The summed E-state index contributed by atoms with van der Waals surface area (Å²) < 4.78 is 6.14. The molecule has 0 radical (unpaired) electrons. The van der Waals surface area contributed by atoms with Crippen LogP contribution in [0, 0.1) is 0 Å². The number of para-hydroxylation sites is 1. The van der Waals surface area contributed by atoms with Crippen molar-refractivity contribution in [2.45, 2.75) is 70.9 Å². The molecule has 0 aromatic heterocycles. The first-order chi connectivity index (χ1) is 14.0. The average Bonchev–Trinajstić information content (AvgIpc) is 2.88. The topological polar surface area (TPSA) is 66.0 Å². The van der Waals surface area contributed by atoms with Gasteiger partial charge in [0.15, 0.2) is 5.96 Å². The molecule has 1 aromatic rings. The van der Waals surface area contributed by atoms with Crippen LogP contribution in [0.2, 0.25) is 0 Å². The van der Waals surface area contributed by atoms with Crippen LogP contribution in [0.25, 0.3) is 0 Å². The van der Waals surface area contributed by atoms with Crippen molar-refractivity contribution in [2.24, 2.45) is 4.99 Å². The number of ether oxygens (including phenoxy) is 1. The standard InChI is InChI=1S/C23H36N4O2.HI/c1-4-24-22(25-14-10-16-27-15-9-5-6-13-21(27)28)26-19-17-23(2,3)29-20-12-8-7-11-18(19)20;/h7-8,11-12,19H,4-6,9-10,13-17H2,1-3H3,(H2,24,25,26);1H. The molecule has 1 atom stereocenters. The van der Waals surface area contributed by atoms with E-state index in [1.54, 1.807) is 0 Å². The molecule has 30 heavy (non-hydrogen) atoms. The largest absolute Gasteiger partial charge is 0.487 e. The first kappa shape index (κ1) is 24.8. The molecule has 2 heterocycles. The van der Waals surface area contributed by atoms with E-state index in [9.17, 15) is 4.79 Å². The molecule has 2 aliphatic heterocycles. The number of aliphatic imine (C=N–C) groups is 1. The second-order valence-electron chi connectivity index (χ2n) is 8.61. The van der Waals surface area contributed by atoms with Crippen molar-refractivity contribution in [3.63, 3.8) is 0 Å². The number of hydrogen-bond acceptors (Lipinski definition) is 3. The van der Waals surface area contributed by atoms with Crippen LogP contribution >= 0.6 is 24.0 Å². The molecule has 1 fully saturated rings. The van der Waals surface area contributed by atoms with E-state index in [-0.39, 0.29) is 35.6 Å². The van der Waals surface area contributed by atoms with Crippen LogP contribution in [0.5, 0.6) is 5.75 Å².